The number of anilines is 1. The zero-order valence-electron chi connectivity index (χ0n) is 21.5. The van der Waals surface area contributed by atoms with Crippen LogP contribution in [0.4, 0.5) is 5.69 Å². The van der Waals surface area contributed by atoms with Crippen LogP contribution >= 0.6 is 34.2 Å². The van der Waals surface area contributed by atoms with Gasteiger partial charge in [0, 0.05) is 21.2 Å². The molecule has 10 heteroatoms. The van der Waals surface area contributed by atoms with E-state index in [1.165, 1.54) is 17.0 Å². The van der Waals surface area contributed by atoms with Crippen LogP contribution in [0, 0.1) is 3.57 Å². The SMILES string of the molecule is CC[C@H](C(=O)NC(C)C)N(Cc1ccc(Cl)cc1)C(=O)CN(c1ccc(I)cc1)S(=O)(=O)c1ccccc1. The van der Waals surface area contributed by atoms with Gasteiger partial charge in [-0.25, -0.2) is 8.42 Å². The summed E-state index contributed by atoms with van der Waals surface area (Å²) in [6.45, 7) is 5.16. The number of sulfonamides is 1. The van der Waals surface area contributed by atoms with Crippen molar-refractivity contribution in [3.05, 3.63) is 93.0 Å². The van der Waals surface area contributed by atoms with Gasteiger partial charge < -0.3 is 10.2 Å². The minimum absolute atomic E-state index is 0.0696. The Morgan fingerprint density at radius 1 is 0.947 bits per heavy atom. The van der Waals surface area contributed by atoms with Gasteiger partial charge in [-0.2, -0.15) is 0 Å². The molecule has 202 valence electrons. The molecule has 1 atom stereocenters. The molecule has 0 saturated heterocycles. The molecule has 1 N–H and O–H groups in total. The van der Waals surface area contributed by atoms with Crippen LogP contribution in [0.5, 0.6) is 0 Å². The number of rotatable bonds is 11. The molecule has 3 rings (SSSR count). The Morgan fingerprint density at radius 2 is 1.55 bits per heavy atom. The third kappa shape index (κ3) is 7.70. The third-order valence-electron chi connectivity index (χ3n) is 5.81. The van der Waals surface area contributed by atoms with Gasteiger partial charge >= 0.3 is 0 Å². The lowest BCUT2D eigenvalue weighted by molar-refractivity contribution is -0.140. The number of nitrogens with zero attached hydrogens (tertiary/aromatic N) is 2. The topological polar surface area (TPSA) is 86.8 Å². The van der Waals surface area contributed by atoms with Crippen molar-refractivity contribution in [3.63, 3.8) is 0 Å². The molecule has 3 aromatic carbocycles. The van der Waals surface area contributed by atoms with Crippen molar-refractivity contribution in [2.24, 2.45) is 0 Å². The van der Waals surface area contributed by atoms with Crippen molar-refractivity contribution in [2.45, 2.75) is 50.7 Å². The second kappa shape index (κ2) is 13.4. The van der Waals surface area contributed by atoms with Crippen molar-refractivity contribution >= 4 is 61.7 Å². The fourth-order valence-corrected chi connectivity index (χ4v) is 5.86. The summed E-state index contributed by atoms with van der Waals surface area (Å²) in [7, 11) is -4.08. The van der Waals surface area contributed by atoms with Gasteiger partial charge in [-0.15, -0.1) is 0 Å². The van der Waals surface area contributed by atoms with Crippen molar-refractivity contribution in [2.75, 3.05) is 10.8 Å². The van der Waals surface area contributed by atoms with Gasteiger partial charge in [0.25, 0.3) is 10.0 Å². The molecule has 7 nitrogen and oxygen atoms in total. The van der Waals surface area contributed by atoms with E-state index in [4.69, 9.17) is 11.6 Å². The average Bonchev–Trinajstić information content (AvgIpc) is 2.89. The number of carbonyl (C=O) groups excluding carboxylic acids is 2. The molecule has 0 aromatic heterocycles. The smallest absolute Gasteiger partial charge is 0.264 e. The Kier molecular flexibility index (Phi) is 10.6. The first-order valence-electron chi connectivity index (χ1n) is 12.2. The van der Waals surface area contributed by atoms with Crippen LogP contribution in [0.1, 0.15) is 32.8 Å². The van der Waals surface area contributed by atoms with Gasteiger partial charge in [0.05, 0.1) is 10.6 Å². The maximum Gasteiger partial charge on any atom is 0.264 e. The van der Waals surface area contributed by atoms with Crippen LogP contribution in [0.15, 0.2) is 83.8 Å². The molecule has 0 spiro atoms. The van der Waals surface area contributed by atoms with E-state index in [0.29, 0.717) is 17.1 Å². The van der Waals surface area contributed by atoms with Crippen LogP contribution in [0.25, 0.3) is 0 Å². The highest BCUT2D eigenvalue weighted by molar-refractivity contribution is 14.1. The Hall–Kier alpha value is -2.63. The quantitative estimate of drug-likeness (QED) is 0.275. The van der Waals surface area contributed by atoms with E-state index in [0.717, 1.165) is 13.4 Å². The molecular weight excluding hydrogens is 637 g/mol. The Bertz CT molecular complexity index is 1330. The van der Waals surface area contributed by atoms with Gasteiger partial charge in [-0.05, 0) is 97.0 Å². The van der Waals surface area contributed by atoms with Gasteiger partial charge in [-0.3, -0.25) is 13.9 Å². The number of amides is 2. The van der Waals surface area contributed by atoms with Gasteiger partial charge in [-0.1, -0.05) is 48.9 Å². The van der Waals surface area contributed by atoms with Crippen LogP contribution < -0.4 is 9.62 Å². The molecule has 0 aliphatic carbocycles. The van der Waals surface area contributed by atoms with Crippen LogP contribution in [-0.4, -0.2) is 43.8 Å². The molecule has 2 amide bonds. The van der Waals surface area contributed by atoms with E-state index < -0.39 is 28.5 Å². The van der Waals surface area contributed by atoms with Crippen LogP contribution in [-0.2, 0) is 26.2 Å². The van der Waals surface area contributed by atoms with E-state index in [9.17, 15) is 18.0 Å². The first kappa shape index (κ1) is 29.9. The molecule has 0 heterocycles. The summed E-state index contributed by atoms with van der Waals surface area (Å²) in [6, 6.07) is 21.0. The summed E-state index contributed by atoms with van der Waals surface area (Å²) in [4.78, 5) is 28.6. The maximum atomic E-state index is 13.9. The summed E-state index contributed by atoms with van der Waals surface area (Å²) >= 11 is 8.18. The average molecular weight is 668 g/mol. The fourth-order valence-electron chi connectivity index (χ4n) is 3.94. The largest absolute Gasteiger partial charge is 0.352 e. The van der Waals surface area contributed by atoms with E-state index in [1.807, 2.05) is 20.8 Å². The summed E-state index contributed by atoms with van der Waals surface area (Å²) in [5, 5.41) is 3.44. The lowest BCUT2D eigenvalue weighted by atomic mass is 10.1. The monoisotopic (exact) mass is 667 g/mol. The first-order valence-corrected chi connectivity index (χ1v) is 15.1. The number of nitrogens with one attached hydrogen (secondary N) is 1. The minimum Gasteiger partial charge on any atom is -0.352 e. The standard InChI is InChI=1S/C28H31ClIN3O4S/c1-4-26(28(35)31-20(2)3)32(18-21-10-12-22(29)13-11-21)27(34)19-33(24-16-14-23(30)15-17-24)38(36,37)25-8-6-5-7-9-25/h5-17,20,26H,4,18-19H2,1-3H3,(H,31,35)/t26-/m1/s1. The maximum absolute atomic E-state index is 13.9. The Labute approximate surface area is 243 Å². The molecule has 0 bridgehead atoms. The minimum atomic E-state index is -4.08. The van der Waals surface area contributed by atoms with Gasteiger partial charge in [0.1, 0.15) is 12.6 Å². The summed E-state index contributed by atoms with van der Waals surface area (Å²) in [5.41, 5.74) is 1.12. The lowest BCUT2D eigenvalue weighted by Gasteiger charge is -2.33. The van der Waals surface area contributed by atoms with Crippen molar-refractivity contribution in [1.29, 1.82) is 0 Å². The first-order chi connectivity index (χ1) is 18.0. The fraction of sp³-hybridized carbons (Fsp3) is 0.286. The predicted octanol–water partition coefficient (Wildman–Crippen LogP) is 5.47. The summed E-state index contributed by atoms with van der Waals surface area (Å²) in [5.74, 6) is -0.791. The summed E-state index contributed by atoms with van der Waals surface area (Å²) < 4.78 is 29.5. The molecular formula is C28H31ClIN3O4S. The van der Waals surface area contributed by atoms with E-state index in [2.05, 4.69) is 27.9 Å². The van der Waals surface area contributed by atoms with Gasteiger partial charge in [0.2, 0.25) is 11.8 Å². The third-order valence-corrected chi connectivity index (χ3v) is 8.57. The molecule has 0 unspecified atom stereocenters. The molecule has 0 saturated carbocycles. The molecule has 0 aliphatic heterocycles. The van der Waals surface area contributed by atoms with Crippen molar-refractivity contribution < 1.29 is 18.0 Å². The van der Waals surface area contributed by atoms with E-state index >= 15 is 0 Å². The number of hydrogen-bond acceptors (Lipinski definition) is 4. The second-order valence-corrected chi connectivity index (χ2v) is 12.6. The number of halogens is 2. The van der Waals surface area contributed by atoms with Crippen molar-refractivity contribution in [1.82, 2.24) is 10.2 Å². The normalized spacial score (nSPS) is 12.2. The summed E-state index contributed by atoms with van der Waals surface area (Å²) in [6.07, 6.45) is 0.354. The molecule has 3 aromatic rings. The highest BCUT2D eigenvalue weighted by Gasteiger charge is 2.33. The van der Waals surface area contributed by atoms with Crippen molar-refractivity contribution in [3.8, 4) is 0 Å². The zero-order valence-corrected chi connectivity index (χ0v) is 25.2. The highest BCUT2D eigenvalue weighted by Crippen LogP contribution is 2.25. The Balaban J connectivity index is 2.04. The lowest BCUT2D eigenvalue weighted by Crippen LogP contribution is -2.53. The molecule has 0 fully saturated rings. The second-order valence-electron chi connectivity index (χ2n) is 9.04. The molecule has 0 aliphatic rings. The van der Waals surface area contributed by atoms with Crippen LogP contribution in [0.3, 0.4) is 0 Å². The predicted molar refractivity (Wildman–Crippen MR) is 159 cm³/mol. The number of carbonyl (C=O) groups is 2. The molecule has 0 radical (unpaired) electrons. The number of hydrogen-bond donors (Lipinski definition) is 1. The van der Waals surface area contributed by atoms with Crippen LogP contribution in [0.2, 0.25) is 5.02 Å². The molecule has 38 heavy (non-hydrogen) atoms. The number of benzene rings is 3. The highest BCUT2D eigenvalue weighted by atomic mass is 127. The Morgan fingerprint density at radius 3 is 2.11 bits per heavy atom. The zero-order chi connectivity index (χ0) is 27.9. The van der Waals surface area contributed by atoms with E-state index in [1.54, 1.807) is 66.7 Å². The van der Waals surface area contributed by atoms with E-state index in [-0.39, 0.29) is 23.4 Å². The van der Waals surface area contributed by atoms with Gasteiger partial charge in [0.15, 0.2) is 0 Å².